The summed E-state index contributed by atoms with van der Waals surface area (Å²) >= 11 is 7.16. The zero-order valence-electron chi connectivity index (χ0n) is 8.87. The van der Waals surface area contributed by atoms with Gasteiger partial charge in [-0.15, -0.1) is 23.1 Å². The van der Waals surface area contributed by atoms with E-state index in [1.165, 1.54) is 19.8 Å². The number of thiophene rings is 1. The average molecular weight is 314 g/mol. The molecule has 2 aromatic rings. The van der Waals surface area contributed by atoms with Crippen LogP contribution in [0.25, 0.3) is 0 Å². The molecule has 0 aliphatic heterocycles. The molecule has 84 valence electrons. The van der Waals surface area contributed by atoms with Crippen LogP contribution in [0.5, 0.6) is 0 Å². The molecule has 1 nitrogen and oxygen atoms in total. The summed E-state index contributed by atoms with van der Waals surface area (Å²) in [5, 5.41) is 2.10. The molecule has 0 radical (unpaired) electrons. The van der Waals surface area contributed by atoms with Crippen molar-refractivity contribution in [1.29, 1.82) is 0 Å². The fourth-order valence-electron chi connectivity index (χ4n) is 1.36. The Morgan fingerprint density at radius 3 is 2.88 bits per heavy atom. The number of thioether (sulfide) groups is 1. The zero-order valence-corrected chi connectivity index (χ0v) is 12.1. The van der Waals surface area contributed by atoms with Gasteiger partial charge in [0.2, 0.25) is 0 Å². The maximum Gasteiger partial charge on any atom is 0.0354 e. The van der Waals surface area contributed by atoms with Crippen molar-refractivity contribution in [2.24, 2.45) is 0 Å². The van der Waals surface area contributed by atoms with Crippen LogP contribution in [-0.4, -0.2) is 0 Å². The SMILES string of the molecule is Cc1c(N)cccc1SCc1sccc1Br. The van der Waals surface area contributed by atoms with Gasteiger partial charge in [0.25, 0.3) is 0 Å². The maximum absolute atomic E-state index is 5.88. The van der Waals surface area contributed by atoms with Crippen LogP contribution in [0.4, 0.5) is 5.69 Å². The van der Waals surface area contributed by atoms with Gasteiger partial charge in [-0.2, -0.15) is 0 Å². The summed E-state index contributed by atoms with van der Waals surface area (Å²) in [4.78, 5) is 2.63. The van der Waals surface area contributed by atoms with Gasteiger partial charge in [0, 0.05) is 25.7 Å². The van der Waals surface area contributed by atoms with Gasteiger partial charge in [-0.3, -0.25) is 0 Å². The van der Waals surface area contributed by atoms with Crippen LogP contribution in [0.2, 0.25) is 0 Å². The lowest BCUT2D eigenvalue weighted by Crippen LogP contribution is -1.90. The topological polar surface area (TPSA) is 26.0 Å². The molecular weight excluding hydrogens is 302 g/mol. The van der Waals surface area contributed by atoms with E-state index in [1.54, 1.807) is 11.3 Å². The fourth-order valence-corrected chi connectivity index (χ4v) is 4.22. The minimum absolute atomic E-state index is 0.871. The molecule has 0 spiro atoms. The molecule has 1 aromatic carbocycles. The van der Waals surface area contributed by atoms with E-state index >= 15 is 0 Å². The second kappa shape index (κ2) is 5.25. The predicted molar refractivity (Wildman–Crippen MR) is 77.2 cm³/mol. The fraction of sp³-hybridized carbons (Fsp3) is 0.167. The standard InChI is InChI=1S/C12H12BrNS2/c1-8-10(14)3-2-4-11(8)16-7-12-9(13)5-6-15-12/h2-6H,7,14H2,1H3. The summed E-state index contributed by atoms with van der Waals surface area (Å²) in [6, 6.07) is 8.17. The normalized spacial score (nSPS) is 10.6. The largest absolute Gasteiger partial charge is 0.398 e. The van der Waals surface area contributed by atoms with Crippen molar-refractivity contribution in [3.05, 3.63) is 44.6 Å². The van der Waals surface area contributed by atoms with Gasteiger partial charge in [0.15, 0.2) is 0 Å². The second-order valence-electron chi connectivity index (χ2n) is 3.45. The lowest BCUT2D eigenvalue weighted by atomic mass is 10.2. The first-order valence-corrected chi connectivity index (χ1v) is 7.54. The summed E-state index contributed by atoms with van der Waals surface area (Å²) in [7, 11) is 0. The first-order valence-electron chi connectivity index (χ1n) is 4.88. The van der Waals surface area contributed by atoms with Crippen LogP contribution in [0, 0.1) is 6.92 Å². The van der Waals surface area contributed by atoms with Gasteiger partial charge in [0.05, 0.1) is 0 Å². The Morgan fingerprint density at radius 1 is 1.38 bits per heavy atom. The number of hydrogen-bond donors (Lipinski definition) is 1. The zero-order chi connectivity index (χ0) is 11.5. The van der Waals surface area contributed by atoms with E-state index in [-0.39, 0.29) is 0 Å². The van der Waals surface area contributed by atoms with Crippen molar-refractivity contribution in [2.75, 3.05) is 5.73 Å². The third kappa shape index (κ3) is 2.62. The number of rotatable bonds is 3. The van der Waals surface area contributed by atoms with Gasteiger partial charge in [0.1, 0.15) is 0 Å². The van der Waals surface area contributed by atoms with Gasteiger partial charge < -0.3 is 5.73 Å². The first kappa shape index (κ1) is 12.0. The molecule has 0 aliphatic carbocycles. The van der Waals surface area contributed by atoms with Gasteiger partial charge >= 0.3 is 0 Å². The summed E-state index contributed by atoms with van der Waals surface area (Å²) in [5.41, 5.74) is 7.93. The molecule has 0 atom stereocenters. The van der Waals surface area contributed by atoms with E-state index in [0.717, 1.165) is 11.4 Å². The number of nitrogen functional groups attached to an aromatic ring is 1. The van der Waals surface area contributed by atoms with E-state index in [4.69, 9.17) is 5.73 Å². The highest BCUT2D eigenvalue weighted by Gasteiger charge is 2.05. The summed E-state index contributed by atoms with van der Waals surface area (Å²) in [5.74, 6) is 0.989. The van der Waals surface area contributed by atoms with Crippen LogP contribution in [-0.2, 0) is 5.75 Å². The van der Waals surface area contributed by atoms with Crippen LogP contribution in [0.15, 0.2) is 39.0 Å². The average Bonchev–Trinajstić information content (AvgIpc) is 2.67. The van der Waals surface area contributed by atoms with Gasteiger partial charge in [-0.25, -0.2) is 0 Å². The van der Waals surface area contributed by atoms with Crippen LogP contribution >= 0.6 is 39.0 Å². The molecule has 0 aliphatic rings. The van der Waals surface area contributed by atoms with E-state index in [0.29, 0.717) is 0 Å². The monoisotopic (exact) mass is 313 g/mol. The van der Waals surface area contributed by atoms with Crippen molar-refractivity contribution in [1.82, 2.24) is 0 Å². The van der Waals surface area contributed by atoms with Crippen molar-refractivity contribution in [3.8, 4) is 0 Å². The lowest BCUT2D eigenvalue weighted by Gasteiger charge is -2.07. The third-order valence-electron chi connectivity index (χ3n) is 2.38. The smallest absolute Gasteiger partial charge is 0.0354 e. The Morgan fingerprint density at radius 2 is 2.19 bits per heavy atom. The van der Waals surface area contributed by atoms with Gasteiger partial charge in [-0.05, 0) is 52.0 Å². The van der Waals surface area contributed by atoms with E-state index < -0.39 is 0 Å². The number of benzene rings is 1. The molecule has 0 saturated carbocycles. The molecular formula is C12H12BrNS2. The van der Waals surface area contributed by atoms with E-state index in [9.17, 15) is 0 Å². The Bertz CT molecular complexity index is 494. The summed E-state index contributed by atoms with van der Waals surface area (Å²) in [6.07, 6.45) is 0. The lowest BCUT2D eigenvalue weighted by molar-refractivity contribution is 1.30. The molecule has 2 rings (SSSR count). The molecule has 0 saturated heterocycles. The quantitative estimate of drug-likeness (QED) is 0.657. The second-order valence-corrected chi connectivity index (χ2v) is 6.32. The third-order valence-corrected chi connectivity index (χ3v) is 5.67. The minimum Gasteiger partial charge on any atom is -0.398 e. The van der Waals surface area contributed by atoms with Crippen LogP contribution < -0.4 is 5.73 Å². The molecule has 0 amide bonds. The Balaban J connectivity index is 2.11. The first-order chi connectivity index (χ1) is 7.68. The molecule has 4 heteroatoms. The highest BCUT2D eigenvalue weighted by Crippen LogP contribution is 2.33. The van der Waals surface area contributed by atoms with Crippen molar-refractivity contribution in [2.45, 2.75) is 17.6 Å². The molecule has 1 aromatic heterocycles. The molecule has 1 heterocycles. The van der Waals surface area contributed by atoms with Crippen LogP contribution in [0.1, 0.15) is 10.4 Å². The molecule has 0 bridgehead atoms. The maximum atomic E-state index is 5.88. The van der Waals surface area contributed by atoms with E-state index in [2.05, 4.69) is 40.4 Å². The van der Waals surface area contributed by atoms with Crippen molar-refractivity contribution in [3.63, 3.8) is 0 Å². The molecule has 2 N–H and O–H groups in total. The Kier molecular flexibility index (Phi) is 3.95. The number of anilines is 1. The highest BCUT2D eigenvalue weighted by atomic mass is 79.9. The number of hydrogen-bond acceptors (Lipinski definition) is 3. The predicted octanol–water partition coefficient (Wildman–Crippen LogP) is 4.69. The van der Waals surface area contributed by atoms with Crippen molar-refractivity contribution < 1.29 is 0 Å². The van der Waals surface area contributed by atoms with E-state index in [1.807, 2.05) is 23.9 Å². The summed E-state index contributed by atoms with van der Waals surface area (Å²) in [6.45, 7) is 2.07. The number of nitrogens with two attached hydrogens (primary N) is 1. The minimum atomic E-state index is 0.871. The highest BCUT2D eigenvalue weighted by molar-refractivity contribution is 9.10. The molecule has 0 fully saturated rings. The molecule has 0 unspecified atom stereocenters. The van der Waals surface area contributed by atoms with Crippen molar-refractivity contribution >= 4 is 44.7 Å². The Hall–Kier alpha value is -0.450. The van der Waals surface area contributed by atoms with Gasteiger partial charge in [-0.1, -0.05) is 6.07 Å². The Labute approximate surface area is 112 Å². The molecule has 16 heavy (non-hydrogen) atoms. The van der Waals surface area contributed by atoms with Crippen LogP contribution in [0.3, 0.4) is 0 Å². The number of halogens is 1. The summed E-state index contributed by atoms with van der Waals surface area (Å²) < 4.78 is 1.20.